The normalized spacial score (nSPS) is 35.7. The Labute approximate surface area is 92.0 Å². The van der Waals surface area contributed by atoms with E-state index in [0.717, 1.165) is 25.7 Å². The van der Waals surface area contributed by atoms with Gasteiger partial charge in [0, 0.05) is 0 Å². The van der Waals surface area contributed by atoms with Crippen LogP contribution in [0.3, 0.4) is 0 Å². The predicted molar refractivity (Wildman–Crippen MR) is 60.5 cm³/mol. The molecule has 1 fully saturated rings. The molecule has 1 aliphatic rings. The van der Waals surface area contributed by atoms with E-state index in [1.165, 1.54) is 0 Å². The SMILES string of the molecule is CC[C@@H]1CC(CN)(CC(=O)O)C[C@@H]1CC. The second kappa shape index (κ2) is 4.97. The molecule has 0 radical (unpaired) electrons. The van der Waals surface area contributed by atoms with Crippen LogP contribution in [0.4, 0.5) is 0 Å². The van der Waals surface area contributed by atoms with Gasteiger partial charge in [0.05, 0.1) is 6.42 Å². The number of carboxylic acid groups (broad SMARTS) is 1. The van der Waals surface area contributed by atoms with Crippen LogP contribution in [-0.4, -0.2) is 17.6 Å². The Balaban J connectivity index is 2.72. The molecular formula is C12H23NO2. The molecule has 1 rings (SSSR count). The molecule has 0 heterocycles. The first-order valence-corrected chi connectivity index (χ1v) is 5.98. The minimum Gasteiger partial charge on any atom is -0.481 e. The van der Waals surface area contributed by atoms with Crippen LogP contribution in [0, 0.1) is 17.3 Å². The quantitative estimate of drug-likeness (QED) is 0.736. The average Bonchev–Trinajstić information content (AvgIpc) is 2.56. The summed E-state index contributed by atoms with van der Waals surface area (Å²) in [6.45, 7) is 4.91. The number of rotatable bonds is 5. The Kier molecular flexibility index (Phi) is 4.14. The van der Waals surface area contributed by atoms with Gasteiger partial charge >= 0.3 is 5.97 Å². The zero-order valence-corrected chi connectivity index (χ0v) is 9.83. The maximum absolute atomic E-state index is 10.9. The minimum absolute atomic E-state index is 0.118. The van der Waals surface area contributed by atoms with Gasteiger partial charge < -0.3 is 10.8 Å². The van der Waals surface area contributed by atoms with E-state index in [-0.39, 0.29) is 11.8 Å². The summed E-state index contributed by atoms with van der Waals surface area (Å²) in [7, 11) is 0. The maximum Gasteiger partial charge on any atom is 0.303 e. The summed E-state index contributed by atoms with van der Waals surface area (Å²) in [6.07, 6.45) is 4.56. The highest BCUT2D eigenvalue weighted by Crippen LogP contribution is 2.49. The molecular weight excluding hydrogens is 190 g/mol. The smallest absolute Gasteiger partial charge is 0.303 e. The van der Waals surface area contributed by atoms with Crippen molar-refractivity contribution < 1.29 is 9.90 Å². The first-order chi connectivity index (χ1) is 7.06. The van der Waals surface area contributed by atoms with Crippen LogP contribution < -0.4 is 5.73 Å². The van der Waals surface area contributed by atoms with Crippen molar-refractivity contribution in [3.63, 3.8) is 0 Å². The van der Waals surface area contributed by atoms with Gasteiger partial charge in [-0.2, -0.15) is 0 Å². The molecule has 3 nitrogen and oxygen atoms in total. The van der Waals surface area contributed by atoms with E-state index in [4.69, 9.17) is 10.8 Å². The molecule has 0 aliphatic heterocycles. The van der Waals surface area contributed by atoms with Crippen LogP contribution in [0.15, 0.2) is 0 Å². The number of nitrogens with two attached hydrogens (primary N) is 1. The Hall–Kier alpha value is -0.570. The van der Waals surface area contributed by atoms with Crippen molar-refractivity contribution in [2.24, 2.45) is 23.0 Å². The summed E-state index contributed by atoms with van der Waals surface area (Å²) in [5.41, 5.74) is 5.67. The van der Waals surface area contributed by atoms with Crippen LogP contribution in [0.5, 0.6) is 0 Å². The first kappa shape index (κ1) is 12.5. The highest BCUT2D eigenvalue weighted by atomic mass is 16.4. The summed E-state index contributed by atoms with van der Waals surface area (Å²) in [5.74, 6) is 0.655. The fourth-order valence-corrected chi connectivity index (χ4v) is 3.19. The molecule has 3 N–H and O–H groups in total. The molecule has 1 aliphatic carbocycles. The third kappa shape index (κ3) is 2.71. The molecule has 0 aromatic rings. The summed E-state index contributed by atoms with van der Waals surface area (Å²) in [4.78, 5) is 10.9. The average molecular weight is 213 g/mol. The molecule has 3 atom stereocenters. The van der Waals surface area contributed by atoms with Crippen LogP contribution in [0.1, 0.15) is 46.0 Å². The zero-order chi connectivity index (χ0) is 11.5. The molecule has 15 heavy (non-hydrogen) atoms. The van der Waals surface area contributed by atoms with Gasteiger partial charge in [-0.1, -0.05) is 26.7 Å². The number of carboxylic acids is 1. The van der Waals surface area contributed by atoms with Gasteiger partial charge in [-0.15, -0.1) is 0 Å². The van der Waals surface area contributed by atoms with E-state index in [0.29, 0.717) is 18.4 Å². The van der Waals surface area contributed by atoms with Gasteiger partial charge in [0.25, 0.3) is 0 Å². The fourth-order valence-electron chi connectivity index (χ4n) is 3.19. The topological polar surface area (TPSA) is 63.3 Å². The molecule has 0 aromatic carbocycles. The minimum atomic E-state index is -0.702. The molecule has 0 spiro atoms. The third-order valence-corrected chi connectivity index (χ3v) is 4.07. The molecule has 1 saturated carbocycles. The van der Waals surface area contributed by atoms with Gasteiger partial charge in [0.15, 0.2) is 0 Å². The van der Waals surface area contributed by atoms with Crippen LogP contribution in [-0.2, 0) is 4.79 Å². The van der Waals surface area contributed by atoms with Crippen molar-refractivity contribution in [3.8, 4) is 0 Å². The van der Waals surface area contributed by atoms with Crippen LogP contribution >= 0.6 is 0 Å². The third-order valence-electron chi connectivity index (χ3n) is 4.07. The molecule has 3 heteroatoms. The van der Waals surface area contributed by atoms with E-state index in [2.05, 4.69) is 13.8 Å². The van der Waals surface area contributed by atoms with Gasteiger partial charge in [-0.3, -0.25) is 4.79 Å². The van der Waals surface area contributed by atoms with Gasteiger partial charge in [-0.25, -0.2) is 0 Å². The van der Waals surface area contributed by atoms with E-state index in [9.17, 15) is 4.79 Å². The summed E-state index contributed by atoms with van der Waals surface area (Å²) in [5, 5.41) is 8.93. The molecule has 0 bridgehead atoms. The molecule has 0 saturated heterocycles. The largest absolute Gasteiger partial charge is 0.481 e. The van der Waals surface area contributed by atoms with Crippen molar-refractivity contribution in [3.05, 3.63) is 0 Å². The highest BCUT2D eigenvalue weighted by Gasteiger charge is 2.43. The van der Waals surface area contributed by atoms with E-state index >= 15 is 0 Å². The number of carbonyl (C=O) groups is 1. The van der Waals surface area contributed by atoms with Gasteiger partial charge in [-0.05, 0) is 36.6 Å². The molecule has 88 valence electrons. The van der Waals surface area contributed by atoms with Gasteiger partial charge in [0.1, 0.15) is 0 Å². The summed E-state index contributed by atoms with van der Waals surface area (Å²) in [6, 6.07) is 0. The van der Waals surface area contributed by atoms with Crippen molar-refractivity contribution in [1.29, 1.82) is 0 Å². The Bertz CT molecular complexity index is 216. The van der Waals surface area contributed by atoms with Crippen LogP contribution in [0.2, 0.25) is 0 Å². The van der Waals surface area contributed by atoms with E-state index in [1.54, 1.807) is 0 Å². The summed E-state index contributed by atoms with van der Waals surface area (Å²) >= 11 is 0. The Morgan fingerprint density at radius 3 is 2.07 bits per heavy atom. The monoisotopic (exact) mass is 213 g/mol. The van der Waals surface area contributed by atoms with Crippen molar-refractivity contribution in [1.82, 2.24) is 0 Å². The second-order valence-electron chi connectivity index (χ2n) is 5.02. The second-order valence-corrected chi connectivity index (χ2v) is 5.02. The van der Waals surface area contributed by atoms with E-state index < -0.39 is 5.97 Å². The van der Waals surface area contributed by atoms with Crippen molar-refractivity contribution >= 4 is 5.97 Å². The number of hydrogen-bond donors (Lipinski definition) is 2. The maximum atomic E-state index is 10.9. The van der Waals surface area contributed by atoms with Crippen molar-refractivity contribution in [2.75, 3.05) is 6.54 Å². The lowest BCUT2D eigenvalue weighted by Gasteiger charge is -2.25. The number of hydrogen-bond acceptors (Lipinski definition) is 2. The molecule has 0 aromatic heterocycles. The van der Waals surface area contributed by atoms with Crippen LogP contribution in [0.25, 0.3) is 0 Å². The highest BCUT2D eigenvalue weighted by molar-refractivity contribution is 5.67. The lowest BCUT2D eigenvalue weighted by molar-refractivity contribution is -0.139. The van der Waals surface area contributed by atoms with E-state index in [1.807, 2.05) is 0 Å². The molecule has 0 amide bonds. The zero-order valence-electron chi connectivity index (χ0n) is 9.83. The van der Waals surface area contributed by atoms with Crippen molar-refractivity contribution in [2.45, 2.75) is 46.0 Å². The first-order valence-electron chi connectivity index (χ1n) is 5.98. The standard InChI is InChI=1S/C12H23NO2/c1-3-9-5-12(8-13,7-11(14)15)6-10(9)4-2/h9-10H,3-8,13H2,1-2H3,(H,14,15)/t9-,10+,12?. The lowest BCUT2D eigenvalue weighted by atomic mass is 9.81. The molecule has 1 unspecified atom stereocenters. The summed E-state index contributed by atoms with van der Waals surface area (Å²) < 4.78 is 0. The number of aliphatic carboxylic acids is 1. The predicted octanol–water partition coefficient (Wildman–Crippen LogP) is 2.25. The Morgan fingerprint density at radius 1 is 1.33 bits per heavy atom. The fraction of sp³-hybridized carbons (Fsp3) is 0.917. The Morgan fingerprint density at radius 2 is 1.80 bits per heavy atom. The van der Waals surface area contributed by atoms with Gasteiger partial charge in [0.2, 0.25) is 0 Å². The lowest BCUT2D eigenvalue weighted by Crippen LogP contribution is -2.30.